The Balaban J connectivity index is 3.85. The van der Waals surface area contributed by atoms with Crippen molar-refractivity contribution in [1.29, 1.82) is 0 Å². The molecule has 0 bridgehead atoms. The first-order valence-corrected chi connectivity index (χ1v) is 3.09. The Hall–Kier alpha value is -0.500. The summed E-state index contributed by atoms with van der Waals surface area (Å²) in [5, 5.41) is -0.542. The maximum atomic E-state index is 10.3. The van der Waals surface area contributed by atoms with Crippen LogP contribution in [0.25, 0.3) is 0 Å². The molecule has 0 spiro atoms. The highest BCUT2D eigenvalue weighted by atomic mass is 35.5. The van der Waals surface area contributed by atoms with Gasteiger partial charge in [-0.3, -0.25) is 4.79 Å². The monoisotopic (exact) mass is 148 g/mol. The molecule has 0 aliphatic heterocycles. The molecule has 0 aromatic carbocycles. The molecule has 52 valence electrons. The highest BCUT2D eigenvalue weighted by Crippen LogP contribution is 2.00. The zero-order valence-electron chi connectivity index (χ0n) is 5.48. The Morgan fingerprint density at radius 3 is 2.44 bits per heavy atom. The normalized spacial score (nSPS) is 11.2. The highest BCUT2D eigenvalue weighted by molar-refractivity contribution is 6.67. The highest BCUT2D eigenvalue weighted by Gasteiger charge is 2.02. The fourth-order valence-corrected chi connectivity index (χ4v) is 0.573. The number of allylic oxidation sites excluding steroid dienone is 2. The minimum absolute atomic E-state index is 0.221. The minimum Gasteiger partial charge on any atom is -0.489 e. The Morgan fingerprint density at radius 2 is 2.33 bits per heavy atom. The van der Waals surface area contributed by atoms with E-state index in [1.54, 1.807) is 19.9 Å². The van der Waals surface area contributed by atoms with Crippen LogP contribution in [0.3, 0.4) is 0 Å². The van der Waals surface area contributed by atoms with Crippen molar-refractivity contribution in [2.24, 2.45) is 0 Å². The first-order valence-electron chi connectivity index (χ1n) is 2.71. The second kappa shape index (κ2) is 4.39. The topological polar surface area (TPSA) is 26.3 Å². The predicted molar refractivity (Wildman–Crippen MR) is 36.2 cm³/mol. The maximum Gasteiger partial charge on any atom is 0.286 e. The summed E-state index contributed by atoms with van der Waals surface area (Å²) in [7, 11) is 0. The van der Waals surface area contributed by atoms with Crippen LogP contribution in [0, 0.1) is 0 Å². The molecule has 0 heterocycles. The van der Waals surface area contributed by atoms with Gasteiger partial charge in [0.05, 0.1) is 6.61 Å². The Labute approximate surface area is 59.5 Å². The second-order valence-corrected chi connectivity index (χ2v) is 1.70. The van der Waals surface area contributed by atoms with Gasteiger partial charge in [-0.15, -0.1) is 0 Å². The lowest BCUT2D eigenvalue weighted by Crippen LogP contribution is -1.98. The summed E-state index contributed by atoms with van der Waals surface area (Å²) in [4.78, 5) is 10.3. The van der Waals surface area contributed by atoms with E-state index in [2.05, 4.69) is 0 Å². The molecule has 9 heavy (non-hydrogen) atoms. The van der Waals surface area contributed by atoms with Gasteiger partial charge >= 0.3 is 0 Å². The number of rotatable bonds is 3. The maximum absolute atomic E-state index is 10.3. The van der Waals surface area contributed by atoms with Crippen molar-refractivity contribution in [2.45, 2.75) is 13.8 Å². The first-order chi connectivity index (χ1) is 4.22. The summed E-state index contributed by atoms with van der Waals surface area (Å²) in [6.45, 7) is 3.97. The number of carbonyl (C=O) groups is 1. The van der Waals surface area contributed by atoms with Gasteiger partial charge in [0.15, 0.2) is 5.76 Å². The van der Waals surface area contributed by atoms with Crippen molar-refractivity contribution in [2.75, 3.05) is 6.61 Å². The van der Waals surface area contributed by atoms with Crippen LogP contribution in [0.2, 0.25) is 0 Å². The van der Waals surface area contributed by atoms with Crippen molar-refractivity contribution in [3.63, 3.8) is 0 Å². The van der Waals surface area contributed by atoms with Crippen LogP contribution in [0.5, 0.6) is 0 Å². The summed E-state index contributed by atoms with van der Waals surface area (Å²) < 4.78 is 4.83. The average Bonchev–Trinajstić information content (AvgIpc) is 1.82. The summed E-state index contributed by atoms with van der Waals surface area (Å²) in [6.07, 6.45) is 1.54. The zero-order valence-corrected chi connectivity index (χ0v) is 6.23. The van der Waals surface area contributed by atoms with Crippen LogP contribution >= 0.6 is 11.6 Å². The van der Waals surface area contributed by atoms with Gasteiger partial charge in [0.2, 0.25) is 0 Å². The molecule has 2 nitrogen and oxygen atoms in total. The van der Waals surface area contributed by atoms with E-state index in [1.807, 2.05) is 0 Å². The molecular weight excluding hydrogens is 140 g/mol. The Kier molecular flexibility index (Phi) is 4.14. The van der Waals surface area contributed by atoms with E-state index in [1.165, 1.54) is 0 Å². The SMILES string of the molecule is CC=C(OCC)C(=O)Cl. The van der Waals surface area contributed by atoms with Crippen molar-refractivity contribution in [3.8, 4) is 0 Å². The third-order valence-electron chi connectivity index (χ3n) is 0.756. The van der Waals surface area contributed by atoms with Gasteiger partial charge in [-0.25, -0.2) is 0 Å². The molecule has 0 fully saturated rings. The summed E-state index contributed by atoms with van der Waals surface area (Å²) in [6, 6.07) is 0. The lowest BCUT2D eigenvalue weighted by molar-refractivity contribution is -0.111. The van der Waals surface area contributed by atoms with Crippen LogP contribution in [0.4, 0.5) is 0 Å². The van der Waals surface area contributed by atoms with Crippen LogP contribution in [-0.4, -0.2) is 11.8 Å². The largest absolute Gasteiger partial charge is 0.489 e. The van der Waals surface area contributed by atoms with Gasteiger partial charge in [-0.05, 0) is 31.5 Å². The standard InChI is InChI=1S/C6H9ClO2/c1-3-5(6(7)8)9-4-2/h3H,4H2,1-2H3. The van der Waals surface area contributed by atoms with E-state index in [-0.39, 0.29) is 5.76 Å². The fourth-order valence-electron chi connectivity index (χ4n) is 0.409. The zero-order chi connectivity index (χ0) is 7.28. The molecule has 3 heteroatoms. The van der Waals surface area contributed by atoms with Gasteiger partial charge in [0.1, 0.15) is 0 Å². The number of hydrogen-bond acceptors (Lipinski definition) is 2. The third-order valence-corrected chi connectivity index (χ3v) is 0.942. The first kappa shape index (κ1) is 8.50. The van der Waals surface area contributed by atoms with Gasteiger partial charge in [0, 0.05) is 0 Å². The van der Waals surface area contributed by atoms with Crippen molar-refractivity contribution in [3.05, 3.63) is 11.8 Å². The number of halogens is 1. The van der Waals surface area contributed by atoms with Crippen LogP contribution in [0.1, 0.15) is 13.8 Å². The molecule has 0 unspecified atom stereocenters. The quantitative estimate of drug-likeness (QED) is 0.346. The van der Waals surface area contributed by atoms with E-state index in [4.69, 9.17) is 16.3 Å². The van der Waals surface area contributed by atoms with Gasteiger partial charge in [-0.1, -0.05) is 0 Å². The molecule has 0 saturated heterocycles. The summed E-state index contributed by atoms with van der Waals surface area (Å²) in [5.74, 6) is 0.221. The Morgan fingerprint density at radius 1 is 1.78 bits per heavy atom. The average molecular weight is 149 g/mol. The summed E-state index contributed by atoms with van der Waals surface area (Å²) >= 11 is 5.09. The van der Waals surface area contributed by atoms with E-state index < -0.39 is 5.24 Å². The number of carbonyl (C=O) groups excluding carboxylic acids is 1. The molecule has 0 N–H and O–H groups in total. The fraction of sp³-hybridized carbons (Fsp3) is 0.500. The molecule has 0 amide bonds. The van der Waals surface area contributed by atoms with Crippen molar-refractivity contribution >= 4 is 16.8 Å². The molecule has 0 radical (unpaired) electrons. The van der Waals surface area contributed by atoms with Gasteiger partial charge in [0.25, 0.3) is 5.24 Å². The van der Waals surface area contributed by atoms with Crippen LogP contribution in [0.15, 0.2) is 11.8 Å². The van der Waals surface area contributed by atoms with Crippen LogP contribution in [-0.2, 0) is 9.53 Å². The molecule has 0 aromatic heterocycles. The number of hydrogen-bond donors (Lipinski definition) is 0. The van der Waals surface area contributed by atoms with Crippen molar-refractivity contribution in [1.82, 2.24) is 0 Å². The van der Waals surface area contributed by atoms with Gasteiger partial charge in [-0.2, -0.15) is 0 Å². The number of ether oxygens (including phenoxy) is 1. The third kappa shape index (κ3) is 3.14. The molecular formula is C6H9ClO2. The van der Waals surface area contributed by atoms with E-state index in [0.29, 0.717) is 6.61 Å². The lowest BCUT2D eigenvalue weighted by atomic mass is 10.5. The van der Waals surface area contributed by atoms with E-state index >= 15 is 0 Å². The minimum atomic E-state index is -0.542. The van der Waals surface area contributed by atoms with E-state index in [9.17, 15) is 4.79 Å². The van der Waals surface area contributed by atoms with E-state index in [0.717, 1.165) is 0 Å². The molecule has 0 aliphatic carbocycles. The second-order valence-electron chi connectivity index (χ2n) is 1.36. The molecule has 0 rings (SSSR count). The smallest absolute Gasteiger partial charge is 0.286 e. The van der Waals surface area contributed by atoms with Gasteiger partial charge < -0.3 is 4.74 Å². The molecule has 0 aromatic rings. The lowest BCUT2D eigenvalue weighted by Gasteiger charge is -1.99. The van der Waals surface area contributed by atoms with Crippen LogP contribution < -0.4 is 0 Å². The predicted octanol–water partition coefficient (Wildman–Crippen LogP) is 1.69. The molecule has 0 atom stereocenters. The molecule has 0 saturated carbocycles. The molecule has 0 aliphatic rings. The summed E-state index contributed by atoms with van der Waals surface area (Å²) in [5.41, 5.74) is 0. The Bertz CT molecular complexity index is 129. The van der Waals surface area contributed by atoms with Crippen molar-refractivity contribution < 1.29 is 9.53 Å².